The number of carbonyl (C=O) groups is 2. The predicted molar refractivity (Wildman–Crippen MR) is 123 cm³/mol. The van der Waals surface area contributed by atoms with E-state index in [0.717, 1.165) is 29.8 Å². The highest BCUT2D eigenvalue weighted by molar-refractivity contribution is 6.12. The molecule has 2 aliphatic rings. The third kappa shape index (κ3) is 3.96. The largest absolute Gasteiger partial charge is 0.353 e. The molecule has 0 radical (unpaired) electrons. The zero-order valence-corrected chi connectivity index (χ0v) is 17.6. The fourth-order valence-electron chi connectivity index (χ4n) is 4.51. The number of benzene rings is 3. The van der Waals surface area contributed by atoms with Crippen LogP contribution in [0.5, 0.6) is 0 Å². The summed E-state index contributed by atoms with van der Waals surface area (Å²) >= 11 is 0. The number of hydrogen-bond donors (Lipinski definition) is 2. The molecular weight excluding hydrogens is 405 g/mol. The monoisotopic (exact) mass is 429 g/mol. The average Bonchev–Trinajstić information content (AvgIpc) is 2.96. The van der Waals surface area contributed by atoms with Crippen LogP contribution in [0.25, 0.3) is 0 Å². The zero-order chi connectivity index (χ0) is 22.1. The Morgan fingerprint density at radius 2 is 1.66 bits per heavy atom. The highest BCUT2D eigenvalue weighted by Crippen LogP contribution is 2.33. The lowest BCUT2D eigenvalue weighted by Crippen LogP contribution is -2.39. The molecule has 0 atom stereocenters. The fourth-order valence-corrected chi connectivity index (χ4v) is 4.51. The van der Waals surface area contributed by atoms with Crippen molar-refractivity contribution in [3.8, 4) is 0 Å². The molecule has 2 heterocycles. The van der Waals surface area contributed by atoms with Gasteiger partial charge in [0.1, 0.15) is 5.82 Å². The second-order valence-electron chi connectivity index (χ2n) is 8.42. The molecule has 0 unspecified atom stereocenters. The number of likely N-dealkylation sites (tertiary alicyclic amines) is 1. The molecule has 3 aromatic carbocycles. The minimum Gasteiger partial charge on any atom is -0.353 e. The summed E-state index contributed by atoms with van der Waals surface area (Å²) in [4.78, 5) is 27.6. The minimum atomic E-state index is -0.203. The Kier molecular flexibility index (Phi) is 5.35. The van der Waals surface area contributed by atoms with Crippen molar-refractivity contribution in [1.82, 2.24) is 4.90 Å². The van der Waals surface area contributed by atoms with Crippen LogP contribution in [0.15, 0.2) is 66.7 Å². The van der Waals surface area contributed by atoms with Gasteiger partial charge in [-0.3, -0.25) is 9.59 Å². The molecule has 2 N–H and O–H groups in total. The molecule has 162 valence electrons. The second-order valence-corrected chi connectivity index (χ2v) is 8.42. The van der Waals surface area contributed by atoms with Crippen LogP contribution in [0.4, 0.5) is 21.5 Å². The van der Waals surface area contributed by atoms with Crippen molar-refractivity contribution in [2.75, 3.05) is 23.7 Å². The van der Waals surface area contributed by atoms with Crippen molar-refractivity contribution in [3.05, 3.63) is 89.2 Å². The number of hydrogen-bond acceptors (Lipinski definition) is 3. The minimum absolute atomic E-state index is 0.0480. The van der Waals surface area contributed by atoms with Crippen LogP contribution >= 0.6 is 0 Å². The van der Waals surface area contributed by atoms with Crippen molar-refractivity contribution in [1.29, 1.82) is 0 Å². The van der Waals surface area contributed by atoms with Gasteiger partial charge < -0.3 is 15.5 Å². The van der Waals surface area contributed by atoms with E-state index in [0.29, 0.717) is 42.2 Å². The Hall–Kier alpha value is -3.67. The summed E-state index contributed by atoms with van der Waals surface area (Å²) in [5.41, 5.74) is 3.93. The van der Waals surface area contributed by atoms with Gasteiger partial charge in [-0.2, -0.15) is 0 Å². The number of para-hydroxylation sites is 1. The Labute approximate surface area is 186 Å². The van der Waals surface area contributed by atoms with Gasteiger partial charge in [0.25, 0.3) is 11.8 Å². The van der Waals surface area contributed by atoms with Gasteiger partial charge in [-0.05, 0) is 67.1 Å². The fraction of sp³-hybridized carbons (Fsp3) is 0.231. The van der Waals surface area contributed by atoms with E-state index in [1.165, 1.54) is 6.07 Å². The molecule has 32 heavy (non-hydrogen) atoms. The maximum atomic E-state index is 14.0. The lowest BCUT2D eigenvalue weighted by atomic mass is 9.89. The highest BCUT2D eigenvalue weighted by atomic mass is 19.1. The zero-order valence-electron chi connectivity index (χ0n) is 17.6. The van der Waals surface area contributed by atoms with Gasteiger partial charge in [0.05, 0.1) is 22.6 Å². The lowest BCUT2D eigenvalue weighted by Gasteiger charge is -2.32. The van der Waals surface area contributed by atoms with Gasteiger partial charge in [0, 0.05) is 18.7 Å². The first-order chi connectivity index (χ1) is 15.6. The number of amides is 2. The molecule has 0 spiro atoms. The Balaban J connectivity index is 1.27. The molecule has 3 aromatic rings. The van der Waals surface area contributed by atoms with E-state index < -0.39 is 0 Å². The van der Waals surface area contributed by atoms with Crippen molar-refractivity contribution in [3.63, 3.8) is 0 Å². The molecule has 2 aliphatic heterocycles. The Bertz CT molecular complexity index is 1190. The molecule has 6 heteroatoms. The van der Waals surface area contributed by atoms with E-state index in [-0.39, 0.29) is 17.6 Å². The molecule has 5 rings (SSSR count). The first-order valence-electron chi connectivity index (χ1n) is 10.9. The summed E-state index contributed by atoms with van der Waals surface area (Å²) in [5.74, 6) is -0.0441. The van der Waals surface area contributed by atoms with E-state index in [4.69, 9.17) is 0 Å². The average molecular weight is 429 g/mol. The summed E-state index contributed by atoms with van der Waals surface area (Å²) in [6.45, 7) is 1.29. The molecular formula is C26H24FN3O2. The van der Waals surface area contributed by atoms with Crippen LogP contribution in [0.3, 0.4) is 0 Å². The number of carbonyl (C=O) groups excluding carboxylic acids is 2. The first kappa shape index (κ1) is 20.2. The summed E-state index contributed by atoms with van der Waals surface area (Å²) in [7, 11) is 0. The first-order valence-corrected chi connectivity index (χ1v) is 10.9. The molecule has 0 aliphatic carbocycles. The maximum Gasteiger partial charge on any atom is 0.257 e. The molecule has 0 aromatic heterocycles. The molecule has 1 saturated heterocycles. The normalized spacial score (nSPS) is 15.8. The van der Waals surface area contributed by atoms with Gasteiger partial charge >= 0.3 is 0 Å². The van der Waals surface area contributed by atoms with Gasteiger partial charge in [-0.15, -0.1) is 0 Å². The SMILES string of the molecule is O=C1Nc2cc(C(=O)N3CCC(Cc4ccccc4F)CC3)ccc2Nc2ccccc21. The molecule has 0 saturated carbocycles. The van der Waals surface area contributed by atoms with Gasteiger partial charge in [-0.1, -0.05) is 30.3 Å². The van der Waals surface area contributed by atoms with Crippen molar-refractivity contribution < 1.29 is 14.0 Å². The van der Waals surface area contributed by atoms with E-state index >= 15 is 0 Å². The lowest BCUT2D eigenvalue weighted by molar-refractivity contribution is 0.0690. The van der Waals surface area contributed by atoms with Gasteiger partial charge in [0.2, 0.25) is 0 Å². The van der Waals surface area contributed by atoms with Gasteiger partial charge in [0.15, 0.2) is 0 Å². The third-order valence-corrected chi connectivity index (χ3v) is 6.32. The van der Waals surface area contributed by atoms with Crippen molar-refractivity contribution in [2.45, 2.75) is 19.3 Å². The summed E-state index contributed by atoms with van der Waals surface area (Å²) in [5, 5.41) is 6.18. The van der Waals surface area contributed by atoms with Gasteiger partial charge in [-0.25, -0.2) is 4.39 Å². The Morgan fingerprint density at radius 1 is 0.906 bits per heavy atom. The number of rotatable bonds is 3. The number of halogens is 1. The molecule has 0 bridgehead atoms. The van der Waals surface area contributed by atoms with Crippen LogP contribution in [0.1, 0.15) is 39.1 Å². The van der Waals surface area contributed by atoms with Crippen molar-refractivity contribution >= 4 is 28.9 Å². The number of nitrogens with one attached hydrogen (secondary N) is 2. The molecule has 2 amide bonds. The van der Waals surface area contributed by atoms with Crippen LogP contribution in [-0.2, 0) is 6.42 Å². The molecule has 1 fully saturated rings. The maximum absolute atomic E-state index is 14.0. The number of piperidine rings is 1. The van der Waals surface area contributed by atoms with E-state index in [9.17, 15) is 14.0 Å². The van der Waals surface area contributed by atoms with Crippen molar-refractivity contribution in [2.24, 2.45) is 5.92 Å². The highest BCUT2D eigenvalue weighted by Gasteiger charge is 2.26. The molecule has 5 nitrogen and oxygen atoms in total. The summed E-state index contributed by atoms with van der Waals surface area (Å²) in [6, 6.07) is 19.6. The van der Waals surface area contributed by atoms with E-state index in [2.05, 4.69) is 10.6 Å². The van der Waals surface area contributed by atoms with E-state index in [1.54, 1.807) is 24.3 Å². The van der Waals surface area contributed by atoms with Crippen LogP contribution in [0, 0.1) is 11.7 Å². The van der Waals surface area contributed by atoms with Crippen LogP contribution in [-0.4, -0.2) is 29.8 Å². The smallest absolute Gasteiger partial charge is 0.257 e. The van der Waals surface area contributed by atoms with E-state index in [1.807, 2.05) is 41.3 Å². The van der Waals surface area contributed by atoms with Crippen LogP contribution < -0.4 is 10.6 Å². The summed E-state index contributed by atoms with van der Waals surface area (Å²) < 4.78 is 14.0. The standard InChI is InChI=1S/C26H24FN3O2/c27-21-7-3-1-5-18(21)15-17-11-13-30(14-12-17)26(32)19-9-10-23-24(16-19)29-25(31)20-6-2-4-8-22(20)28-23/h1-10,16-17,28H,11-15H2,(H,29,31). The second kappa shape index (κ2) is 8.46. The third-order valence-electron chi connectivity index (χ3n) is 6.32. The predicted octanol–water partition coefficient (Wildman–Crippen LogP) is 5.23. The topological polar surface area (TPSA) is 61.4 Å². The quantitative estimate of drug-likeness (QED) is 0.599. The number of anilines is 3. The Morgan fingerprint density at radius 3 is 2.47 bits per heavy atom. The van der Waals surface area contributed by atoms with Crippen LogP contribution in [0.2, 0.25) is 0 Å². The number of nitrogens with zero attached hydrogens (tertiary/aromatic N) is 1. The summed E-state index contributed by atoms with van der Waals surface area (Å²) in [6.07, 6.45) is 2.39. The number of fused-ring (bicyclic) bond motifs is 2.